The van der Waals surface area contributed by atoms with Crippen LogP contribution in [-0.4, -0.2) is 54.7 Å². The van der Waals surface area contributed by atoms with Crippen LogP contribution in [0.15, 0.2) is 109 Å². The Morgan fingerprint density at radius 2 is 1.30 bits per heavy atom. The molecule has 1 N–H and O–H groups in total. The predicted molar refractivity (Wildman–Crippen MR) is 180 cm³/mol. The van der Waals surface area contributed by atoms with E-state index >= 15 is 0 Å². The van der Waals surface area contributed by atoms with Crippen molar-refractivity contribution in [1.82, 2.24) is 9.80 Å². The van der Waals surface area contributed by atoms with Crippen molar-refractivity contribution < 1.29 is 9.84 Å². The molecule has 4 aromatic carbocycles. The zero-order valence-corrected chi connectivity index (χ0v) is 26.6. The molecule has 4 nitrogen and oxygen atoms in total. The molecule has 0 bridgehead atoms. The molecule has 230 valence electrons. The number of halogens is 1. The lowest BCUT2D eigenvalue weighted by molar-refractivity contribution is -0.0725. The van der Waals surface area contributed by atoms with Gasteiger partial charge in [-0.05, 0) is 65.3 Å². The minimum atomic E-state index is -1.01. The summed E-state index contributed by atoms with van der Waals surface area (Å²) < 4.78 is 5.49. The Morgan fingerprint density at radius 1 is 0.727 bits per heavy atom. The number of hydrogen-bond donors (Lipinski definition) is 1. The average Bonchev–Trinajstić information content (AvgIpc) is 3.09. The molecule has 1 saturated carbocycles. The van der Waals surface area contributed by atoms with Gasteiger partial charge in [-0.25, -0.2) is 0 Å². The molecule has 5 heteroatoms. The molecule has 0 aromatic heterocycles. The fraction of sp³-hybridized carbons (Fsp3) is 0.385. The SMILES string of the molecule is COc1ccc([C@@](O)(C2CCCCC2)[C@H](CN2CCN(C(c3ccccc3)c3ccccc3)CC2)c2ccc(Cl)cc2)cc1. The molecule has 1 saturated heterocycles. The van der Waals surface area contributed by atoms with Gasteiger partial charge < -0.3 is 14.7 Å². The van der Waals surface area contributed by atoms with Gasteiger partial charge in [0.25, 0.3) is 0 Å². The summed E-state index contributed by atoms with van der Waals surface area (Å²) in [7, 11) is 1.69. The lowest BCUT2D eigenvalue weighted by atomic mass is 9.65. The monoisotopic (exact) mass is 608 g/mol. The Hall–Kier alpha value is -3.15. The van der Waals surface area contributed by atoms with E-state index in [4.69, 9.17) is 16.3 Å². The van der Waals surface area contributed by atoms with Crippen molar-refractivity contribution in [3.05, 3.63) is 136 Å². The van der Waals surface area contributed by atoms with Crippen molar-refractivity contribution >= 4 is 11.6 Å². The Bertz CT molecular complexity index is 1390. The van der Waals surface area contributed by atoms with Crippen molar-refractivity contribution in [2.75, 3.05) is 39.8 Å². The van der Waals surface area contributed by atoms with Crippen LogP contribution in [0.4, 0.5) is 0 Å². The van der Waals surface area contributed by atoms with Crippen LogP contribution in [0.5, 0.6) is 5.75 Å². The molecule has 1 aliphatic heterocycles. The molecule has 2 atom stereocenters. The van der Waals surface area contributed by atoms with Crippen molar-refractivity contribution in [2.45, 2.75) is 49.7 Å². The van der Waals surface area contributed by atoms with Gasteiger partial charge in [-0.2, -0.15) is 0 Å². The molecule has 0 unspecified atom stereocenters. The summed E-state index contributed by atoms with van der Waals surface area (Å²) >= 11 is 6.38. The number of piperazine rings is 1. The fourth-order valence-electron chi connectivity index (χ4n) is 7.66. The number of aliphatic hydroxyl groups is 1. The van der Waals surface area contributed by atoms with E-state index in [1.165, 1.54) is 17.5 Å². The number of ether oxygens (including phenoxy) is 1. The molecule has 0 amide bonds. The van der Waals surface area contributed by atoms with E-state index in [9.17, 15) is 5.11 Å². The standard InChI is InChI=1S/C39H45ClN2O2/c1-44-36-23-19-34(20-24-36)39(43,33-15-9-4-10-16-33)37(30-17-21-35(40)22-18-30)29-41-25-27-42(28-26-41)38(31-11-5-2-6-12-31)32-13-7-3-8-14-32/h2-3,5-8,11-14,17-24,33,37-38,43H,4,9-10,15-16,25-29H2,1H3/t37-,39+/m1/s1. The zero-order chi connectivity index (χ0) is 30.4. The minimum absolute atomic E-state index is 0.0955. The first-order chi connectivity index (χ1) is 21.6. The number of methoxy groups -OCH3 is 1. The summed E-state index contributed by atoms with van der Waals surface area (Å²) in [5.41, 5.74) is 3.78. The van der Waals surface area contributed by atoms with Gasteiger partial charge in [0.2, 0.25) is 0 Å². The van der Waals surface area contributed by atoms with Crippen LogP contribution in [0.2, 0.25) is 5.02 Å². The highest BCUT2D eigenvalue weighted by molar-refractivity contribution is 6.30. The van der Waals surface area contributed by atoms with Gasteiger partial charge in [0.05, 0.1) is 13.2 Å². The Morgan fingerprint density at radius 3 is 1.84 bits per heavy atom. The molecule has 4 aromatic rings. The largest absolute Gasteiger partial charge is 0.497 e. The molecular formula is C39H45ClN2O2. The third kappa shape index (κ3) is 6.74. The van der Waals surface area contributed by atoms with Gasteiger partial charge >= 0.3 is 0 Å². The van der Waals surface area contributed by atoms with Gasteiger partial charge in [-0.15, -0.1) is 0 Å². The maximum Gasteiger partial charge on any atom is 0.118 e. The first kappa shape index (κ1) is 30.9. The highest BCUT2D eigenvalue weighted by Gasteiger charge is 2.47. The summed E-state index contributed by atoms with van der Waals surface area (Å²) in [5, 5.41) is 13.8. The zero-order valence-electron chi connectivity index (χ0n) is 25.8. The number of hydrogen-bond acceptors (Lipinski definition) is 4. The molecule has 0 spiro atoms. The summed E-state index contributed by atoms with van der Waals surface area (Å²) in [5.74, 6) is 0.902. The highest BCUT2D eigenvalue weighted by Crippen LogP contribution is 2.49. The van der Waals surface area contributed by atoms with Crippen LogP contribution < -0.4 is 4.74 Å². The third-order valence-electron chi connectivity index (χ3n) is 10.0. The van der Waals surface area contributed by atoms with Crippen LogP contribution in [0, 0.1) is 5.92 Å². The Labute approximate surface area is 268 Å². The van der Waals surface area contributed by atoms with E-state index in [2.05, 4.69) is 94.7 Å². The second-order valence-electron chi connectivity index (χ2n) is 12.6. The van der Waals surface area contributed by atoms with Crippen molar-refractivity contribution in [3.63, 3.8) is 0 Å². The van der Waals surface area contributed by atoms with E-state index in [0.29, 0.717) is 0 Å². The van der Waals surface area contributed by atoms with E-state index < -0.39 is 5.60 Å². The fourth-order valence-corrected chi connectivity index (χ4v) is 7.79. The van der Waals surface area contributed by atoms with Crippen LogP contribution >= 0.6 is 11.6 Å². The third-order valence-corrected chi connectivity index (χ3v) is 10.3. The second-order valence-corrected chi connectivity index (χ2v) is 13.0. The predicted octanol–water partition coefficient (Wildman–Crippen LogP) is 8.31. The molecule has 1 heterocycles. The summed E-state index contributed by atoms with van der Waals surface area (Å²) in [6.07, 6.45) is 5.64. The molecule has 1 aliphatic carbocycles. The van der Waals surface area contributed by atoms with E-state index in [-0.39, 0.29) is 17.9 Å². The van der Waals surface area contributed by atoms with Crippen LogP contribution in [0.1, 0.15) is 66.3 Å². The van der Waals surface area contributed by atoms with Gasteiger partial charge in [-0.1, -0.05) is 116 Å². The Balaban J connectivity index is 1.29. The second kappa shape index (κ2) is 14.3. The van der Waals surface area contributed by atoms with Crippen molar-refractivity contribution in [1.29, 1.82) is 0 Å². The molecule has 44 heavy (non-hydrogen) atoms. The smallest absolute Gasteiger partial charge is 0.118 e. The topological polar surface area (TPSA) is 35.9 Å². The van der Waals surface area contributed by atoms with Gasteiger partial charge in [-0.3, -0.25) is 4.90 Å². The highest BCUT2D eigenvalue weighted by atomic mass is 35.5. The minimum Gasteiger partial charge on any atom is -0.497 e. The molecule has 6 rings (SSSR count). The summed E-state index contributed by atoms with van der Waals surface area (Å²) in [6, 6.07) is 38.3. The van der Waals surface area contributed by atoms with Gasteiger partial charge in [0, 0.05) is 43.7 Å². The quantitative estimate of drug-likeness (QED) is 0.196. The maximum atomic E-state index is 13.1. The number of rotatable bonds is 10. The van der Waals surface area contributed by atoms with Gasteiger partial charge in [0.1, 0.15) is 11.4 Å². The first-order valence-corrected chi connectivity index (χ1v) is 16.6. The Kier molecular flexibility index (Phi) is 10.0. The van der Waals surface area contributed by atoms with Gasteiger partial charge in [0.15, 0.2) is 0 Å². The van der Waals surface area contributed by atoms with Crippen LogP contribution in [0.3, 0.4) is 0 Å². The first-order valence-electron chi connectivity index (χ1n) is 16.2. The normalized spacial score (nSPS) is 19.0. The van der Waals surface area contributed by atoms with Crippen molar-refractivity contribution in [2.24, 2.45) is 5.92 Å². The molecule has 0 radical (unpaired) electrons. The molecule has 2 aliphatic rings. The molecule has 2 fully saturated rings. The van der Waals surface area contributed by atoms with E-state index in [1.807, 2.05) is 24.3 Å². The summed E-state index contributed by atoms with van der Waals surface area (Å²) in [4.78, 5) is 5.19. The molecular weight excluding hydrogens is 564 g/mol. The van der Waals surface area contributed by atoms with Crippen LogP contribution in [-0.2, 0) is 5.60 Å². The van der Waals surface area contributed by atoms with E-state index in [0.717, 1.165) is 80.3 Å². The summed E-state index contributed by atoms with van der Waals surface area (Å²) in [6.45, 7) is 4.61. The number of nitrogens with zero attached hydrogens (tertiary/aromatic N) is 2. The lowest BCUT2D eigenvalue weighted by Gasteiger charge is -2.47. The van der Waals surface area contributed by atoms with E-state index in [1.54, 1.807) is 7.11 Å². The average molecular weight is 609 g/mol. The number of benzene rings is 4. The van der Waals surface area contributed by atoms with Crippen molar-refractivity contribution in [3.8, 4) is 5.75 Å². The lowest BCUT2D eigenvalue weighted by Crippen LogP contribution is -2.52. The maximum absolute atomic E-state index is 13.1. The van der Waals surface area contributed by atoms with Crippen LogP contribution in [0.25, 0.3) is 0 Å².